The normalized spacial score (nSPS) is 25.2. The van der Waals surface area contributed by atoms with Gasteiger partial charge in [-0.2, -0.15) is 9.97 Å². The molecule has 36 heavy (non-hydrogen) atoms. The minimum Gasteiger partial charge on any atom is -0.387 e. The quantitative estimate of drug-likeness (QED) is 0.342. The van der Waals surface area contributed by atoms with Crippen molar-refractivity contribution in [2.45, 2.75) is 89.5 Å². The molecular formula is C24H35N7O5. The zero-order valence-corrected chi connectivity index (χ0v) is 20.9. The highest BCUT2D eigenvalue weighted by atomic mass is 16.6. The van der Waals surface area contributed by atoms with Crippen molar-refractivity contribution in [1.29, 1.82) is 0 Å². The summed E-state index contributed by atoms with van der Waals surface area (Å²) in [6, 6.07) is 2.17. The highest BCUT2D eigenvalue weighted by Crippen LogP contribution is 2.40. The predicted molar refractivity (Wildman–Crippen MR) is 132 cm³/mol. The summed E-state index contributed by atoms with van der Waals surface area (Å²) < 4.78 is 18.6. The van der Waals surface area contributed by atoms with Crippen molar-refractivity contribution in [3.05, 3.63) is 23.8 Å². The number of aliphatic hydroxyl groups excluding tert-OH is 2. The first kappa shape index (κ1) is 24.9. The zero-order chi connectivity index (χ0) is 25.2. The molecule has 0 saturated carbocycles. The highest BCUT2D eigenvalue weighted by molar-refractivity contribution is 5.84. The Kier molecular flexibility index (Phi) is 7.37. The molecule has 0 aromatic carbocycles. The van der Waals surface area contributed by atoms with E-state index in [9.17, 15) is 10.2 Å². The molecule has 2 aliphatic rings. The summed E-state index contributed by atoms with van der Waals surface area (Å²) in [6.07, 6.45) is 1.65. The molecule has 196 valence electrons. The van der Waals surface area contributed by atoms with E-state index in [1.165, 1.54) is 0 Å². The Morgan fingerprint density at radius 3 is 2.58 bits per heavy atom. The molecule has 0 unspecified atom stereocenters. The number of anilines is 2. The topological polar surface area (TPSA) is 153 Å². The lowest BCUT2D eigenvalue weighted by atomic mass is 10.1. The molecule has 0 spiro atoms. The van der Waals surface area contributed by atoms with Crippen LogP contribution >= 0.6 is 0 Å². The first-order chi connectivity index (χ1) is 17.5. The fraction of sp³-hybridized carbons (Fsp3) is 0.667. The second kappa shape index (κ2) is 10.7. The maximum Gasteiger partial charge on any atom is 0.227 e. The van der Waals surface area contributed by atoms with E-state index in [-0.39, 0.29) is 12.1 Å². The number of aromatic nitrogens is 5. The molecule has 3 aromatic heterocycles. The number of nitrogens with one attached hydrogen (secondary N) is 2. The van der Waals surface area contributed by atoms with Crippen LogP contribution in [-0.2, 0) is 15.9 Å². The maximum absolute atomic E-state index is 10.9. The van der Waals surface area contributed by atoms with Crippen molar-refractivity contribution >= 4 is 22.9 Å². The van der Waals surface area contributed by atoms with Crippen LogP contribution in [0.4, 0.5) is 11.8 Å². The van der Waals surface area contributed by atoms with E-state index >= 15 is 0 Å². The lowest BCUT2D eigenvalue weighted by Crippen LogP contribution is -2.30. The Hall–Kier alpha value is -2.80. The Bertz CT molecular complexity index is 1160. The van der Waals surface area contributed by atoms with Gasteiger partial charge in [0.15, 0.2) is 29.0 Å². The smallest absolute Gasteiger partial charge is 0.227 e. The Morgan fingerprint density at radius 2 is 1.89 bits per heavy atom. The van der Waals surface area contributed by atoms with Crippen LogP contribution < -0.4 is 10.6 Å². The van der Waals surface area contributed by atoms with Crippen molar-refractivity contribution in [3.8, 4) is 0 Å². The number of ether oxygens (including phenoxy) is 2. The van der Waals surface area contributed by atoms with Crippen LogP contribution in [-0.4, -0.2) is 72.4 Å². The average molecular weight is 502 g/mol. The number of aryl methyl sites for hydroxylation is 1. The van der Waals surface area contributed by atoms with E-state index in [1.54, 1.807) is 17.0 Å². The molecule has 0 bridgehead atoms. The number of nitrogens with zero attached hydrogens (tertiary/aromatic N) is 5. The number of hydrogen-bond acceptors (Lipinski definition) is 11. The molecule has 2 aliphatic heterocycles. The number of hydrogen-bond donors (Lipinski definition) is 4. The lowest BCUT2D eigenvalue weighted by molar-refractivity contribution is -0.0434. The molecule has 3 aromatic rings. The number of aliphatic hydroxyl groups is 2. The summed E-state index contributed by atoms with van der Waals surface area (Å²) >= 11 is 0. The Labute approximate surface area is 209 Å². The largest absolute Gasteiger partial charge is 0.387 e. The third kappa shape index (κ3) is 4.77. The molecule has 4 atom stereocenters. The lowest BCUT2D eigenvalue weighted by Gasteiger charge is -2.24. The first-order valence-corrected chi connectivity index (χ1v) is 12.8. The Balaban J connectivity index is 1.50. The van der Waals surface area contributed by atoms with Gasteiger partial charge < -0.3 is 34.8 Å². The summed E-state index contributed by atoms with van der Waals surface area (Å²) in [7, 11) is 0. The van der Waals surface area contributed by atoms with Gasteiger partial charge in [0.05, 0.1) is 12.0 Å². The van der Waals surface area contributed by atoms with Crippen LogP contribution in [0.5, 0.6) is 0 Å². The molecule has 12 nitrogen and oxygen atoms in total. The molecule has 4 N–H and O–H groups in total. The van der Waals surface area contributed by atoms with Crippen LogP contribution in [0.15, 0.2) is 16.9 Å². The van der Waals surface area contributed by atoms with Crippen molar-refractivity contribution in [2.24, 2.45) is 0 Å². The van der Waals surface area contributed by atoms with Crippen molar-refractivity contribution < 1.29 is 24.2 Å². The van der Waals surface area contributed by atoms with Gasteiger partial charge in [-0.1, -0.05) is 25.9 Å². The second-order valence-corrected chi connectivity index (χ2v) is 9.41. The predicted octanol–water partition coefficient (Wildman–Crippen LogP) is 2.56. The molecule has 12 heteroatoms. The van der Waals surface area contributed by atoms with Crippen LogP contribution in [0.2, 0.25) is 0 Å². The molecule has 2 saturated heterocycles. The van der Waals surface area contributed by atoms with E-state index in [0.29, 0.717) is 48.3 Å². The summed E-state index contributed by atoms with van der Waals surface area (Å²) in [4.78, 5) is 14.1. The third-order valence-corrected chi connectivity index (χ3v) is 7.03. The van der Waals surface area contributed by atoms with Gasteiger partial charge in [-0.05, 0) is 32.1 Å². The molecule has 0 amide bonds. The zero-order valence-electron chi connectivity index (χ0n) is 20.9. The van der Waals surface area contributed by atoms with Gasteiger partial charge in [-0.25, -0.2) is 4.98 Å². The standard InChI is InChI=1S/C24H35N7O5/c1-4-13(5-2)26-21-17-22(29-24(28-21)27-15-7-9-34-10-8-15)31(12-25-17)23-19(33)18(32)20(35-23)16-11-14(6-3)30-36-16/h11-13,15,18-20,23,32-33H,4-10H2,1-3H3,(H2,26,27,28,29)/t18-,19+,20+,23+/m0/s1. The minimum absolute atomic E-state index is 0.201. The molecule has 0 radical (unpaired) electrons. The fourth-order valence-corrected chi connectivity index (χ4v) is 4.73. The van der Waals surface area contributed by atoms with E-state index in [4.69, 9.17) is 24.0 Å². The van der Waals surface area contributed by atoms with Crippen LogP contribution in [0.1, 0.15) is 70.2 Å². The van der Waals surface area contributed by atoms with Gasteiger partial charge >= 0.3 is 0 Å². The Morgan fingerprint density at radius 1 is 1.11 bits per heavy atom. The van der Waals surface area contributed by atoms with Gasteiger partial charge in [0.2, 0.25) is 5.95 Å². The molecule has 0 aliphatic carbocycles. The summed E-state index contributed by atoms with van der Waals surface area (Å²) in [5.74, 6) is 1.46. The summed E-state index contributed by atoms with van der Waals surface area (Å²) in [5.41, 5.74) is 1.82. The van der Waals surface area contributed by atoms with E-state index in [0.717, 1.165) is 31.4 Å². The van der Waals surface area contributed by atoms with Gasteiger partial charge in [0.1, 0.15) is 18.3 Å². The monoisotopic (exact) mass is 501 g/mol. The van der Waals surface area contributed by atoms with Crippen molar-refractivity contribution in [1.82, 2.24) is 24.7 Å². The highest BCUT2D eigenvalue weighted by Gasteiger charge is 2.47. The van der Waals surface area contributed by atoms with Crippen molar-refractivity contribution in [3.63, 3.8) is 0 Å². The fourth-order valence-electron chi connectivity index (χ4n) is 4.73. The van der Waals surface area contributed by atoms with Crippen LogP contribution in [0.3, 0.4) is 0 Å². The average Bonchev–Trinajstić information content (AvgIpc) is 3.61. The molecule has 5 rings (SSSR count). The minimum atomic E-state index is -1.22. The van der Waals surface area contributed by atoms with Gasteiger partial charge in [0, 0.05) is 31.4 Å². The van der Waals surface area contributed by atoms with Crippen LogP contribution in [0.25, 0.3) is 11.2 Å². The molecular weight excluding hydrogens is 466 g/mol. The third-order valence-electron chi connectivity index (χ3n) is 7.03. The maximum atomic E-state index is 10.9. The van der Waals surface area contributed by atoms with Gasteiger partial charge in [-0.3, -0.25) is 4.57 Å². The van der Waals surface area contributed by atoms with Gasteiger partial charge in [-0.15, -0.1) is 0 Å². The molecule has 2 fully saturated rings. The second-order valence-electron chi connectivity index (χ2n) is 9.41. The first-order valence-electron chi connectivity index (χ1n) is 12.8. The number of rotatable bonds is 9. The number of fused-ring (bicyclic) bond motifs is 1. The van der Waals surface area contributed by atoms with E-state index in [1.807, 2.05) is 6.92 Å². The van der Waals surface area contributed by atoms with Crippen molar-refractivity contribution in [2.75, 3.05) is 23.8 Å². The summed E-state index contributed by atoms with van der Waals surface area (Å²) in [6.45, 7) is 7.59. The van der Waals surface area contributed by atoms with E-state index < -0.39 is 24.5 Å². The number of imidazole rings is 1. The molecule has 5 heterocycles. The van der Waals surface area contributed by atoms with Crippen LogP contribution in [0, 0.1) is 0 Å². The SMILES string of the molecule is CCc1cc([C@H]2O[C@@H](n3cnc4c(NC(CC)CC)nc(NC5CCOCC5)nc43)[C@H](O)[C@@H]2O)on1. The van der Waals surface area contributed by atoms with E-state index in [2.05, 4.69) is 34.6 Å². The van der Waals surface area contributed by atoms with Gasteiger partial charge in [0.25, 0.3) is 0 Å². The summed E-state index contributed by atoms with van der Waals surface area (Å²) in [5, 5.41) is 32.6.